The number of rotatable bonds is 0. The fraction of sp³-hybridized carbons (Fsp3) is 1.00. The summed E-state index contributed by atoms with van der Waals surface area (Å²) < 4.78 is -1.32. The second-order valence-corrected chi connectivity index (χ2v) is 10.2. The van der Waals surface area contributed by atoms with Gasteiger partial charge in [-0.05, 0) is 11.8 Å². The fourth-order valence-electron chi connectivity index (χ4n) is 5.92. The molecule has 0 nitrogen and oxygen atoms in total. The van der Waals surface area contributed by atoms with Crippen molar-refractivity contribution in [2.75, 3.05) is 0 Å². The Morgan fingerprint density at radius 3 is 1.41 bits per heavy atom. The van der Waals surface area contributed by atoms with E-state index in [0.717, 1.165) is 0 Å². The third-order valence-electron chi connectivity index (χ3n) is 6.19. The van der Waals surface area contributed by atoms with Gasteiger partial charge in [0, 0.05) is 17.2 Å². The molecule has 0 radical (unpaired) electrons. The highest BCUT2D eigenvalue weighted by molar-refractivity contribution is 6.66. The first-order chi connectivity index (χ1) is 7.65. The molecule has 6 rings (SSSR count). The van der Waals surface area contributed by atoms with E-state index >= 15 is 0 Å². The molecule has 4 bridgehead atoms. The quantitative estimate of drug-likeness (QED) is 0.558. The molecule has 17 heavy (non-hydrogen) atoms. The Balaban J connectivity index is 1.95. The largest absolute Gasteiger partial charge is 0.160 e. The molecule has 0 saturated heterocycles. The van der Waals surface area contributed by atoms with E-state index in [0.29, 0.717) is 0 Å². The van der Waals surface area contributed by atoms with Crippen molar-refractivity contribution < 1.29 is 0 Å². The summed E-state index contributed by atoms with van der Waals surface area (Å²) in [6.45, 7) is 0. The third-order valence-corrected chi connectivity index (χ3v) is 12.0. The molecule has 9 atom stereocenters. The summed E-state index contributed by atoms with van der Waals surface area (Å²) in [6, 6.07) is 0. The normalized spacial score (nSPS) is 83.8. The second-order valence-electron chi connectivity index (χ2n) is 5.97. The van der Waals surface area contributed by atoms with Crippen LogP contribution in [0.25, 0.3) is 0 Å². The van der Waals surface area contributed by atoms with E-state index in [-0.39, 0.29) is 29.0 Å². The molecule has 0 aromatic heterocycles. The van der Waals surface area contributed by atoms with E-state index in [1.165, 1.54) is 0 Å². The minimum atomic E-state index is -1.32. The Morgan fingerprint density at radius 1 is 0.529 bits per heavy atom. The maximum absolute atomic E-state index is 6.76. The molecule has 0 amide bonds. The van der Waals surface area contributed by atoms with Crippen molar-refractivity contribution in [2.24, 2.45) is 23.7 Å². The molecule has 0 aromatic carbocycles. The van der Waals surface area contributed by atoms with Gasteiger partial charge >= 0.3 is 0 Å². The van der Waals surface area contributed by atoms with E-state index in [1.54, 1.807) is 0 Å². The van der Waals surface area contributed by atoms with Crippen LogP contribution in [0.1, 0.15) is 0 Å². The van der Waals surface area contributed by atoms with Crippen LogP contribution < -0.4 is 0 Å². The highest BCUT2D eigenvalue weighted by Gasteiger charge is 3.14. The Bertz CT molecular complexity index is 500. The van der Waals surface area contributed by atoms with Gasteiger partial charge in [-0.1, -0.05) is 23.2 Å². The molecule has 6 aliphatic carbocycles. The Hall–Kier alpha value is 2.03. The highest BCUT2D eigenvalue weighted by atomic mass is 35.5. The van der Waals surface area contributed by atoms with Gasteiger partial charge in [0.05, 0.1) is 9.75 Å². The maximum atomic E-state index is 6.76. The first-order valence-electron chi connectivity index (χ1n) is 5.42. The van der Waals surface area contributed by atoms with E-state index in [9.17, 15) is 0 Å². The van der Waals surface area contributed by atoms with Crippen molar-refractivity contribution in [2.45, 2.75) is 29.2 Å². The lowest BCUT2D eigenvalue weighted by atomic mass is 9.39. The van der Waals surface area contributed by atoms with Gasteiger partial charge in [0.25, 0.3) is 0 Å². The molecule has 0 N–H and O–H groups in total. The molecule has 0 aliphatic heterocycles. The molecule has 6 fully saturated rings. The molecular formula is C10H5Cl7. The third kappa shape index (κ3) is 0.559. The van der Waals surface area contributed by atoms with Gasteiger partial charge in [0.15, 0.2) is 4.33 Å². The highest BCUT2D eigenvalue weighted by Crippen LogP contribution is 3.03. The van der Waals surface area contributed by atoms with Crippen LogP contribution in [-0.2, 0) is 0 Å². The summed E-state index contributed by atoms with van der Waals surface area (Å²) in [5.41, 5.74) is 0. The molecular weight excluding hydrogens is 368 g/mol. The molecule has 0 spiro atoms. The van der Waals surface area contributed by atoms with Crippen LogP contribution >= 0.6 is 81.2 Å². The average molecular weight is 373 g/mol. The van der Waals surface area contributed by atoms with E-state index in [2.05, 4.69) is 0 Å². The van der Waals surface area contributed by atoms with Gasteiger partial charge in [-0.3, -0.25) is 0 Å². The minimum absolute atomic E-state index is 0.0357. The van der Waals surface area contributed by atoms with Gasteiger partial charge in [-0.25, -0.2) is 0 Å². The van der Waals surface area contributed by atoms with Crippen LogP contribution in [0.15, 0.2) is 0 Å². The number of hydrogen-bond acceptors (Lipinski definition) is 0. The lowest BCUT2D eigenvalue weighted by molar-refractivity contribution is -0.106. The smallest absolute Gasteiger partial charge is 0.122 e. The molecule has 7 heteroatoms. The number of alkyl halides is 7. The monoisotopic (exact) mass is 370 g/mol. The number of halogens is 7. The van der Waals surface area contributed by atoms with Gasteiger partial charge in [0.2, 0.25) is 0 Å². The molecule has 0 unspecified atom stereocenters. The SMILES string of the molecule is Cl[C@@H]1[C@@H]2[C@@H]3[C@@H]4[C@H]1[C@@]1(Cl)C(Cl)(Cl)[C@]4(Cl)[C@]3(Cl)[C@@]21Cl. The van der Waals surface area contributed by atoms with Crippen molar-refractivity contribution in [3.05, 3.63) is 0 Å². The van der Waals surface area contributed by atoms with E-state index in [4.69, 9.17) is 81.2 Å². The van der Waals surface area contributed by atoms with Gasteiger partial charge in [-0.2, -0.15) is 0 Å². The predicted octanol–water partition coefficient (Wildman–Crippen LogP) is 4.21. The maximum Gasteiger partial charge on any atom is 0.160 e. The fourth-order valence-corrected chi connectivity index (χ4v) is 11.2. The summed E-state index contributed by atoms with van der Waals surface area (Å²) >= 11 is 46.4. The Kier molecular flexibility index (Phi) is 1.62. The van der Waals surface area contributed by atoms with Crippen LogP contribution in [0.2, 0.25) is 0 Å². The van der Waals surface area contributed by atoms with E-state index < -0.39 is 23.8 Å². The summed E-state index contributed by atoms with van der Waals surface area (Å²) in [4.78, 5) is -3.62. The van der Waals surface area contributed by atoms with E-state index in [1.807, 2.05) is 0 Å². The predicted molar refractivity (Wildman–Crippen MR) is 72.4 cm³/mol. The topological polar surface area (TPSA) is 0 Å². The first kappa shape index (κ1) is 11.7. The summed E-state index contributed by atoms with van der Waals surface area (Å²) in [5.74, 6) is 0.369. The molecule has 6 aliphatic rings. The lowest BCUT2D eigenvalue weighted by Gasteiger charge is -2.76. The first-order valence-corrected chi connectivity index (χ1v) is 8.13. The molecule has 6 saturated carbocycles. The van der Waals surface area contributed by atoms with Crippen molar-refractivity contribution in [1.29, 1.82) is 0 Å². The molecule has 0 aromatic rings. The van der Waals surface area contributed by atoms with Crippen LogP contribution in [0.5, 0.6) is 0 Å². The molecule has 94 valence electrons. The lowest BCUT2D eigenvalue weighted by Crippen LogP contribution is -2.88. The minimum Gasteiger partial charge on any atom is -0.122 e. The Labute approximate surface area is 133 Å². The van der Waals surface area contributed by atoms with Gasteiger partial charge < -0.3 is 0 Å². The molecule has 0 heterocycles. The zero-order valence-corrected chi connectivity index (χ0v) is 13.3. The van der Waals surface area contributed by atoms with Crippen molar-refractivity contribution >= 4 is 81.2 Å². The van der Waals surface area contributed by atoms with Gasteiger partial charge in [0.1, 0.15) is 9.75 Å². The van der Waals surface area contributed by atoms with Crippen molar-refractivity contribution in [3.63, 3.8) is 0 Å². The van der Waals surface area contributed by atoms with Crippen molar-refractivity contribution in [1.82, 2.24) is 0 Å². The van der Waals surface area contributed by atoms with Crippen molar-refractivity contribution in [3.8, 4) is 0 Å². The average Bonchev–Trinajstić information content (AvgIpc) is 2.64. The zero-order valence-electron chi connectivity index (χ0n) is 8.03. The van der Waals surface area contributed by atoms with Gasteiger partial charge in [-0.15, -0.1) is 58.0 Å². The van der Waals surface area contributed by atoms with Crippen LogP contribution in [0.3, 0.4) is 0 Å². The standard InChI is InChI=1S/C10H5Cl7/c11-5-3-1-2-4(5)9(15)7(3,13)6(1,12)8(2,14)10(9,16)17/h1-5H/t1-,2+,3-,4+,5+,6+,7-,8+,9-/m0/s1. The Morgan fingerprint density at radius 2 is 0.882 bits per heavy atom. The summed E-state index contributed by atoms with van der Waals surface area (Å²) in [6.07, 6.45) is 0. The summed E-state index contributed by atoms with van der Waals surface area (Å²) in [5, 5.41) is -0.119. The van der Waals surface area contributed by atoms with Crippen LogP contribution in [0.4, 0.5) is 0 Å². The van der Waals surface area contributed by atoms with Crippen LogP contribution in [-0.4, -0.2) is 29.2 Å². The van der Waals surface area contributed by atoms with Crippen LogP contribution in [0, 0.1) is 23.7 Å². The summed E-state index contributed by atoms with van der Waals surface area (Å²) in [7, 11) is 0. The number of hydrogen-bond donors (Lipinski definition) is 0. The zero-order chi connectivity index (χ0) is 12.4. The second kappa shape index (κ2) is 2.36.